The number of nitrogens with two attached hydrogens (primary N) is 1. The first-order chi connectivity index (χ1) is 5.85. The Morgan fingerprint density at radius 1 is 1.42 bits per heavy atom. The molecule has 1 aliphatic rings. The van der Waals surface area contributed by atoms with Gasteiger partial charge in [0.25, 0.3) is 0 Å². The molecule has 3 nitrogen and oxygen atoms in total. The number of aliphatic hydroxyl groups is 1. The van der Waals surface area contributed by atoms with Crippen molar-refractivity contribution in [2.75, 3.05) is 32.8 Å². The van der Waals surface area contributed by atoms with E-state index in [9.17, 15) is 0 Å². The summed E-state index contributed by atoms with van der Waals surface area (Å²) in [7, 11) is 0. The van der Waals surface area contributed by atoms with E-state index in [4.69, 9.17) is 10.8 Å². The van der Waals surface area contributed by atoms with Crippen LogP contribution in [-0.4, -0.2) is 42.8 Å². The van der Waals surface area contributed by atoms with Crippen LogP contribution in [0.2, 0.25) is 0 Å². The molecule has 0 atom stereocenters. The highest BCUT2D eigenvalue weighted by Crippen LogP contribution is 2.02. The van der Waals surface area contributed by atoms with E-state index < -0.39 is 0 Å². The van der Waals surface area contributed by atoms with Gasteiger partial charge in [0.1, 0.15) is 0 Å². The Balaban J connectivity index is 0.000000217. The van der Waals surface area contributed by atoms with Crippen LogP contribution in [0.3, 0.4) is 0 Å². The first-order valence-corrected chi connectivity index (χ1v) is 4.88. The van der Waals surface area contributed by atoms with Crippen LogP contribution in [0.15, 0.2) is 0 Å². The van der Waals surface area contributed by atoms with Gasteiger partial charge in [0, 0.05) is 6.54 Å². The Labute approximate surface area is 75.6 Å². The molecule has 0 aliphatic carbocycles. The number of likely N-dealkylation sites (tertiary alicyclic amines) is 1. The van der Waals surface area contributed by atoms with Crippen molar-refractivity contribution in [2.24, 2.45) is 5.73 Å². The van der Waals surface area contributed by atoms with Gasteiger partial charge in [0.15, 0.2) is 0 Å². The molecule has 1 saturated heterocycles. The van der Waals surface area contributed by atoms with E-state index in [1.165, 1.54) is 32.4 Å². The van der Waals surface area contributed by atoms with Crippen molar-refractivity contribution in [2.45, 2.75) is 26.2 Å². The lowest BCUT2D eigenvalue weighted by molar-refractivity contribution is 0.139. The highest BCUT2D eigenvalue weighted by molar-refractivity contribution is 4.66. The van der Waals surface area contributed by atoms with Crippen LogP contribution in [0.5, 0.6) is 0 Å². The van der Waals surface area contributed by atoms with Gasteiger partial charge in [-0.15, -0.1) is 0 Å². The molecule has 74 valence electrons. The number of aliphatic hydroxyl groups excluding tert-OH is 1. The molecule has 12 heavy (non-hydrogen) atoms. The Morgan fingerprint density at radius 3 is 2.17 bits per heavy atom. The first kappa shape index (κ1) is 11.9. The fourth-order valence-corrected chi connectivity index (χ4v) is 0.951. The number of nitrogens with zero attached hydrogens (tertiary/aromatic N) is 1. The van der Waals surface area contributed by atoms with Crippen molar-refractivity contribution in [3.8, 4) is 0 Å². The minimum Gasteiger partial charge on any atom is -0.395 e. The van der Waals surface area contributed by atoms with Gasteiger partial charge in [0.05, 0.1) is 6.61 Å². The van der Waals surface area contributed by atoms with Gasteiger partial charge in [-0.2, -0.15) is 0 Å². The monoisotopic (exact) mass is 174 g/mol. The Morgan fingerprint density at radius 2 is 2.08 bits per heavy atom. The fourth-order valence-electron chi connectivity index (χ4n) is 0.951. The van der Waals surface area contributed by atoms with E-state index in [2.05, 4.69) is 11.8 Å². The van der Waals surface area contributed by atoms with Gasteiger partial charge in [-0.3, -0.25) is 0 Å². The molecule has 0 saturated carbocycles. The quantitative estimate of drug-likeness (QED) is 0.650. The largest absolute Gasteiger partial charge is 0.395 e. The molecule has 0 amide bonds. The second-order valence-electron chi connectivity index (χ2n) is 3.06. The lowest BCUT2D eigenvalue weighted by Gasteiger charge is -2.29. The molecule has 0 radical (unpaired) electrons. The third-order valence-corrected chi connectivity index (χ3v) is 1.92. The molecule has 0 aromatic heterocycles. The fraction of sp³-hybridized carbons (Fsp3) is 1.00. The topological polar surface area (TPSA) is 49.5 Å². The molecule has 0 unspecified atom stereocenters. The molecule has 1 heterocycles. The van der Waals surface area contributed by atoms with Gasteiger partial charge < -0.3 is 15.7 Å². The predicted molar refractivity (Wildman–Crippen MR) is 52.1 cm³/mol. The molecule has 1 fully saturated rings. The van der Waals surface area contributed by atoms with Crippen molar-refractivity contribution in [3.05, 3.63) is 0 Å². The Kier molecular flexibility index (Phi) is 8.88. The Bertz CT molecular complexity index is 82.6. The van der Waals surface area contributed by atoms with E-state index in [1.54, 1.807) is 0 Å². The minimum atomic E-state index is 0.319. The number of hydrogen-bond donors (Lipinski definition) is 2. The second kappa shape index (κ2) is 8.97. The van der Waals surface area contributed by atoms with Crippen LogP contribution in [0.4, 0.5) is 0 Å². The molecule has 0 aromatic rings. The highest BCUT2D eigenvalue weighted by Gasteiger charge is 2.10. The summed E-state index contributed by atoms with van der Waals surface area (Å²) in [6.45, 7) is 6.56. The number of unbranched alkanes of at least 4 members (excludes halogenated alkanes) is 1. The van der Waals surface area contributed by atoms with Crippen molar-refractivity contribution in [3.63, 3.8) is 0 Å². The minimum absolute atomic E-state index is 0.319. The molecule has 1 aliphatic heterocycles. The van der Waals surface area contributed by atoms with Crippen LogP contribution in [0.1, 0.15) is 26.2 Å². The summed E-state index contributed by atoms with van der Waals surface area (Å²) in [6.07, 6.45) is 3.70. The lowest BCUT2D eigenvalue weighted by Crippen LogP contribution is -2.38. The molecule has 1 rings (SSSR count). The van der Waals surface area contributed by atoms with E-state index in [0.717, 1.165) is 13.1 Å². The van der Waals surface area contributed by atoms with Crippen LogP contribution in [0.25, 0.3) is 0 Å². The van der Waals surface area contributed by atoms with Crippen molar-refractivity contribution in [1.29, 1.82) is 0 Å². The van der Waals surface area contributed by atoms with Crippen molar-refractivity contribution >= 4 is 0 Å². The van der Waals surface area contributed by atoms with Crippen LogP contribution in [-0.2, 0) is 0 Å². The maximum absolute atomic E-state index is 8.36. The van der Waals surface area contributed by atoms with Gasteiger partial charge in [0.2, 0.25) is 0 Å². The normalized spacial score (nSPS) is 16.2. The molecule has 0 bridgehead atoms. The average Bonchev–Trinajstić information content (AvgIpc) is 2.00. The van der Waals surface area contributed by atoms with E-state index >= 15 is 0 Å². The van der Waals surface area contributed by atoms with Crippen LogP contribution in [0, 0.1) is 0 Å². The number of rotatable bonds is 4. The van der Waals surface area contributed by atoms with Crippen molar-refractivity contribution < 1.29 is 5.11 Å². The summed E-state index contributed by atoms with van der Waals surface area (Å²) in [5.41, 5.74) is 5.14. The summed E-state index contributed by atoms with van der Waals surface area (Å²) < 4.78 is 0. The highest BCUT2D eigenvalue weighted by atomic mass is 16.3. The summed E-state index contributed by atoms with van der Waals surface area (Å²) in [5.74, 6) is 0. The SMILES string of the molecule is CCCCN.OCCN1CCC1. The van der Waals surface area contributed by atoms with Crippen LogP contribution < -0.4 is 5.73 Å². The summed E-state index contributed by atoms with van der Waals surface area (Å²) >= 11 is 0. The molecular weight excluding hydrogens is 152 g/mol. The van der Waals surface area contributed by atoms with Gasteiger partial charge in [-0.05, 0) is 32.5 Å². The van der Waals surface area contributed by atoms with Gasteiger partial charge in [-0.1, -0.05) is 13.3 Å². The van der Waals surface area contributed by atoms with E-state index in [-0.39, 0.29) is 0 Å². The zero-order valence-electron chi connectivity index (χ0n) is 8.13. The predicted octanol–water partition coefficient (Wildman–Crippen LogP) is 0.430. The summed E-state index contributed by atoms with van der Waals surface area (Å²) in [5, 5.41) is 8.36. The second-order valence-corrected chi connectivity index (χ2v) is 3.06. The van der Waals surface area contributed by atoms with Gasteiger partial charge in [-0.25, -0.2) is 0 Å². The summed E-state index contributed by atoms with van der Waals surface area (Å²) in [6, 6.07) is 0. The first-order valence-electron chi connectivity index (χ1n) is 4.88. The lowest BCUT2D eigenvalue weighted by atomic mass is 10.2. The number of β-amino-alcohol motifs (C(OH)–C–C–N with tert-alkyl or cyclic N) is 1. The zero-order valence-corrected chi connectivity index (χ0v) is 8.13. The van der Waals surface area contributed by atoms with E-state index in [1.807, 2.05) is 0 Å². The third-order valence-electron chi connectivity index (χ3n) is 1.92. The molecule has 0 aromatic carbocycles. The molecule has 3 heteroatoms. The van der Waals surface area contributed by atoms with Crippen molar-refractivity contribution in [1.82, 2.24) is 4.90 Å². The smallest absolute Gasteiger partial charge is 0.0558 e. The molecule has 0 spiro atoms. The van der Waals surface area contributed by atoms with E-state index in [0.29, 0.717) is 6.61 Å². The zero-order chi connectivity index (χ0) is 9.23. The standard InChI is InChI=1S/C5H11NO.C4H11N/c7-5-4-6-2-1-3-6;1-2-3-4-5/h7H,1-5H2;2-5H2,1H3. The maximum atomic E-state index is 8.36. The number of hydrogen-bond acceptors (Lipinski definition) is 3. The molecular formula is C9H22N2O. The third kappa shape index (κ3) is 6.58. The average molecular weight is 174 g/mol. The molecule has 3 N–H and O–H groups in total. The van der Waals surface area contributed by atoms with Crippen LogP contribution >= 0.6 is 0 Å². The maximum Gasteiger partial charge on any atom is 0.0558 e. The Hall–Kier alpha value is -0.120. The van der Waals surface area contributed by atoms with Gasteiger partial charge >= 0.3 is 0 Å². The summed E-state index contributed by atoms with van der Waals surface area (Å²) in [4.78, 5) is 2.24.